The predicted molar refractivity (Wildman–Crippen MR) is 111 cm³/mol. The number of nitrogens with one attached hydrogen (secondary N) is 3. The number of rotatable bonds is 4. The lowest BCUT2D eigenvalue weighted by Gasteiger charge is -2.17. The van der Waals surface area contributed by atoms with Crippen molar-refractivity contribution in [3.8, 4) is 11.5 Å². The molecule has 8 heteroatoms. The Morgan fingerprint density at radius 3 is 2.76 bits per heavy atom. The fraction of sp³-hybridized carbons (Fsp3) is 0.190. The van der Waals surface area contributed by atoms with E-state index < -0.39 is 0 Å². The Morgan fingerprint density at radius 1 is 1.17 bits per heavy atom. The molecule has 0 unspecified atom stereocenters. The van der Waals surface area contributed by atoms with Crippen LogP contribution in [0.4, 0.5) is 11.5 Å². The molecule has 8 nitrogen and oxygen atoms in total. The smallest absolute Gasteiger partial charge is 0.256 e. The van der Waals surface area contributed by atoms with E-state index in [4.69, 9.17) is 0 Å². The Kier molecular flexibility index (Phi) is 4.25. The van der Waals surface area contributed by atoms with Gasteiger partial charge in [0.2, 0.25) is 0 Å². The molecule has 146 valence electrons. The van der Waals surface area contributed by atoms with Crippen molar-refractivity contribution >= 4 is 28.4 Å². The molecule has 1 amide bonds. The number of anilines is 2. The standard InChI is InChI=1S/C21H20N6O2/c28-15-9-10-27(12-15)14-7-5-13(6-8-14)21(29)24-19-11-18(25-26-19)20-22-16-3-1-2-4-17(16)23-20/h1-8,11,15,28H,9-10,12H2,(H,22,23)(H2,24,25,26,29)/t15-/m0/s1. The average molecular weight is 388 g/mol. The first-order valence-electron chi connectivity index (χ1n) is 9.51. The Hall–Kier alpha value is -3.65. The lowest BCUT2D eigenvalue weighted by Crippen LogP contribution is -2.21. The molecule has 1 atom stereocenters. The number of para-hydroxylation sites is 2. The molecule has 3 heterocycles. The maximum absolute atomic E-state index is 12.5. The molecular formula is C21H20N6O2. The first-order valence-corrected chi connectivity index (χ1v) is 9.51. The van der Waals surface area contributed by atoms with E-state index in [0.717, 1.165) is 29.7 Å². The summed E-state index contributed by atoms with van der Waals surface area (Å²) in [6, 6.07) is 16.9. The van der Waals surface area contributed by atoms with E-state index in [-0.39, 0.29) is 12.0 Å². The second-order valence-electron chi connectivity index (χ2n) is 7.16. The van der Waals surface area contributed by atoms with Crippen molar-refractivity contribution in [1.82, 2.24) is 20.2 Å². The number of benzene rings is 2. The Morgan fingerprint density at radius 2 is 2.00 bits per heavy atom. The van der Waals surface area contributed by atoms with E-state index in [0.29, 0.717) is 29.4 Å². The van der Waals surface area contributed by atoms with Crippen molar-refractivity contribution in [2.45, 2.75) is 12.5 Å². The Labute approximate surface area is 166 Å². The number of carbonyl (C=O) groups is 1. The van der Waals surface area contributed by atoms with Crippen LogP contribution in [0.5, 0.6) is 0 Å². The van der Waals surface area contributed by atoms with Crippen LogP contribution in [0.1, 0.15) is 16.8 Å². The van der Waals surface area contributed by atoms with Gasteiger partial charge in [-0.15, -0.1) is 0 Å². The van der Waals surface area contributed by atoms with Crippen LogP contribution in [0, 0.1) is 0 Å². The molecule has 4 N–H and O–H groups in total. The van der Waals surface area contributed by atoms with Crippen molar-refractivity contribution in [1.29, 1.82) is 0 Å². The zero-order valence-corrected chi connectivity index (χ0v) is 15.6. The number of imidazole rings is 1. The van der Waals surface area contributed by atoms with Crippen molar-refractivity contribution < 1.29 is 9.90 Å². The summed E-state index contributed by atoms with van der Waals surface area (Å²) >= 11 is 0. The van der Waals surface area contributed by atoms with Gasteiger partial charge in [-0.05, 0) is 42.8 Å². The topological polar surface area (TPSA) is 110 Å². The summed E-state index contributed by atoms with van der Waals surface area (Å²) in [6.07, 6.45) is 0.494. The molecule has 1 saturated heterocycles. The molecule has 2 aromatic heterocycles. The molecular weight excluding hydrogens is 368 g/mol. The first-order chi connectivity index (χ1) is 14.2. The Balaban J connectivity index is 1.28. The second kappa shape index (κ2) is 7.06. The van der Waals surface area contributed by atoms with Crippen LogP contribution < -0.4 is 10.2 Å². The number of hydrogen-bond acceptors (Lipinski definition) is 5. The Bertz CT molecular complexity index is 1130. The van der Waals surface area contributed by atoms with Crippen molar-refractivity contribution in [3.63, 3.8) is 0 Å². The van der Waals surface area contributed by atoms with Gasteiger partial charge in [0.1, 0.15) is 5.69 Å². The summed E-state index contributed by atoms with van der Waals surface area (Å²) in [4.78, 5) is 22.4. The highest BCUT2D eigenvalue weighted by molar-refractivity contribution is 6.04. The highest BCUT2D eigenvalue weighted by atomic mass is 16.3. The van der Waals surface area contributed by atoms with E-state index in [9.17, 15) is 9.90 Å². The molecule has 1 aliphatic heterocycles. The number of β-amino-alcohol motifs (C(OH)–C–C–N with tert-alkyl or cyclic N) is 1. The van der Waals surface area contributed by atoms with Crippen molar-refractivity contribution in [3.05, 3.63) is 60.2 Å². The molecule has 0 bridgehead atoms. The van der Waals surface area contributed by atoms with Gasteiger partial charge < -0.3 is 20.3 Å². The summed E-state index contributed by atoms with van der Waals surface area (Å²) in [7, 11) is 0. The van der Waals surface area contributed by atoms with Gasteiger partial charge in [0.25, 0.3) is 5.91 Å². The van der Waals surface area contributed by atoms with Gasteiger partial charge in [-0.25, -0.2) is 4.98 Å². The number of aliphatic hydroxyl groups is 1. The number of amides is 1. The van der Waals surface area contributed by atoms with Gasteiger partial charge in [-0.3, -0.25) is 9.89 Å². The number of nitrogens with zero attached hydrogens (tertiary/aromatic N) is 3. The van der Waals surface area contributed by atoms with Crippen LogP contribution >= 0.6 is 0 Å². The van der Waals surface area contributed by atoms with E-state index in [1.807, 2.05) is 36.4 Å². The van der Waals surface area contributed by atoms with Crippen LogP contribution in [0.25, 0.3) is 22.6 Å². The van der Waals surface area contributed by atoms with Gasteiger partial charge in [0.15, 0.2) is 11.6 Å². The molecule has 29 heavy (non-hydrogen) atoms. The summed E-state index contributed by atoms with van der Waals surface area (Å²) in [6.45, 7) is 1.45. The monoisotopic (exact) mass is 388 g/mol. The fourth-order valence-electron chi connectivity index (χ4n) is 3.58. The van der Waals surface area contributed by atoms with Crippen molar-refractivity contribution in [2.24, 2.45) is 0 Å². The molecule has 0 radical (unpaired) electrons. The van der Waals surface area contributed by atoms with Gasteiger partial charge in [0, 0.05) is 30.4 Å². The molecule has 2 aromatic carbocycles. The molecule has 4 aromatic rings. The zero-order chi connectivity index (χ0) is 19.8. The summed E-state index contributed by atoms with van der Waals surface area (Å²) in [5.74, 6) is 0.856. The van der Waals surface area contributed by atoms with E-state index in [1.54, 1.807) is 18.2 Å². The lowest BCUT2D eigenvalue weighted by atomic mass is 10.2. The summed E-state index contributed by atoms with van der Waals surface area (Å²) < 4.78 is 0. The number of carbonyl (C=O) groups excluding carboxylic acids is 1. The van der Waals surface area contributed by atoms with E-state index >= 15 is 0 Å². The number of aliphatic hydroxyl groups excluding tert-OH is 1. The number of aromatic amines is 2. The summed E-state index contributed by atoms with van der Waals surface area (Å²) in [5.41, 5.74) is 4.05. The molecule has 0 saturated carbocycles. The van der Waals surface area contributed by atoms with Crippen LogP contribution in [-0.4, -0.2) is 50.4 Å². The lowest BCUT2D eigenvalue weighted by molar-refractivity contribution is 0.102. The maximum atomic E-state index is 12.5. The fourth-order valence-corrected chi connectivity index (χ4v) is 3.58. The predicted octanol–water partition coefficient (Wildman–Crippen LogP) is 2.78. The quantitative estimate of drug-likeness (QED) is 0.430. The van der Waals surface area contributed by atoms with Gasteiger partial charge >= 0.3 is 0 Å². The number of aromatic nitrogens is 4. The molecule has 1 fully saturated rings. The number of hydrogen-bond donors (Lipinski definition) is 4. The van der Waals surface area contributed by atoms with Crippen LogP contribution in [0.15, 0.2) is 54.6 Å². The maximum Gasteiger partial charge on any atom is 0.256 e. The third-order valence-corrected chi connectivity index (χ3v) is 5.12. The molecule has 1 aliphatic rings. The van der Waals surface area contributed by atoms with Crippen molar-refractivity contribution in [2.75, 3.05) is 23.3 Å². The van der Waals surface area contributed by atoms with Crippen LogP contribution in [0.2, 0.25) is 0 Å². The second-order valence-corrected chi connectivity index (χ2v) is 7.16. The number of fused-ring (bicyclic) bond motifs is 1. The highest BCUT2D eigenvalue weighted by Crippen LogP contribution is 2.23. The normalized spacial score (nSPS) is 16.4. The zero-order valence-electron chi connectivity index (χ0n) is 15.6. The van der Waals surface area contributed by atoms with Gasteiger partial charge in [-0.2, -0.15) is 5.10 Å². The molecule has 0 aliphatic carbocycles. The minimum atomic E-state index is -0.279. The third-order valence-electron chi connectivity index (χ3n) is 5.12. The summed E-state index contributed by atoms with van der Waals surface area (Å²) in [5, 5.41) is 19.5. The average Bonchev–Trinajstić information content (AvgIpc) is 3.47. The third kappa shape index (κ3) is 3.45. The highest BCUT2D eigenvalue weighted by Gasteiger charge is 2.20. The number of H-pyrrole nitrogens is 2. The van der Waals surface area contributed by atoms with E-state index in [2.05, 4.69) is 30.4 Å². The minimum Gasteiger partial charge on any atom is -0.391 e. The van der Waals surface area contributed by atoms with Crippen LogP contribution in [0.3, 0.4) is 0 Å². The van der Waals surface area contributed by atoms with Gasteiger partial charge in [-0.1, -0.05) is 12.1 Å². The van der Waals surface area contributed by atoms with E-state index in [1.165, 1.54) is 0 Å². The van der Waals surface area contributed by atoms with Crippen LogP contribution in [-0.2, 0) is 0 Å². The SMILES string of the molecule is O=C(Nc1cc(-c2nc3ccccc3[nH]2)[nH]n1)c1ccc(N2CC[C@H](O)C2)cc1. The molecule has 5 rings (SSSR count). The minimum absolute atomic E-state index is 0.235. The molecule has 0 spiro atoms. The first kappa shape index (κ1) is 17.4. The van der Waals surface area contributed by atoms with Gasteiger partial charge in [0.05, 0.1) is 17.1 Å². The largest absolute Gasteiger partial charge is 0.391 e.